The highest BCUT2D eigenvalue weighted by molar-refractivity contribution is 5.76. The largest absolute Gasteiger partial charge is 0.341 e. The lowest BCUT2D eigenvalue weighted by Crippen LogP contribution is -2.64. The van der Waals surface area contributed by atoms with Crippen molar-refractivity contribution in [2.24, 2.45) is 13.0 Å². The molecule has 2 aromatic rings. The number of carbonyl (C=O) groups excluding carboxylic acids is 1. The summed E-state index contributed by atoms with van der Waals surface area (Å²) in [6, 6.07) is 11.2. The first-order valence-electron chi connectivity index (χ1n) is 10.1. The predicted molar refractivity (Wildman–Crippen MR) is 106 cm³/mol. The van der Waals surface area contributed by atoms with Gasteiger partial charge in [0.25, 0.3) is 0 Å². The van der Waals surface area contributed by atoms with E-state index in [0.717, 1.165) is 44.1 Å². The summed E-state index contributed by atoms with van der Waals surface area (Å²) in [6.45, 7) is 8.11. The van der Waals surface area contributed by atoms with Crippen LogP contribution in [-0.4, -0.2) is 51.2 Å². The molecule has 0 unspecified atom stereocenters. The van der Waals surface area contributed by atoms with E-state index in [-0.39, 0.29) is 0 Å². The molecule has 1 aromatic heterocycles. The van der Waals surface area contributed by atoms with Gasteiger partial charge in [-0.15, -0.1) is 0 Å². The number of nitrogens with zero attached hydrogens (tertiary/aromatic N) is 4. The fourth-order valence-corrected chi connectivity index (χ4v) is 4.70. The molecule has 1 aromatic carbocycles. The molecule has 4 rings (SSSR count). The number of aryl methyl sites for hydroxylation is 2. The Morgan fingerprint density at radius 1 is 1.19 bits per heavy atom. The summed E-state index contributed by atoms with van der Waals surface area (Å²) < 4.78 is 1.91. The van der Waals surface area contributed by atoms with E-state index in [2.05, 4.69) is 52.2 Å². The average molecular weight is 367 g/mol. The number of aromatic nitrogens is 2. The third-order valence-corrected chi connectivity index (χ3v) is 6.49. The Labute approximate surface area is 162 Å². The minimum atomic E-state index is 0.294. The van der Waals surface area contributed by atoms with Crippen molar-refractivity contribution >= 4 is 5.91 Å². The Hall–Kier alpha value is -2.14. The first kappa shape index (κ1) is 18.2. The highest BCUT2D eigenvalue weighted by atomic mass is 16.2. The fourth-order valence-electron chi connectivity index (χ4n) is 4.70. The van der Waals surface area contributed by atoms with Gasteiger partial charge in [0.2, 0.25) is 5.91 Å². The monoisotopic (exact) mass is 366 g/mol. The molecule has 2 atom stereocenters. The number of piperidine rings is 1. The van der Waals surface area contributed by atoms with Gasteiger partial charge in [-0.2, -0.15) is 5.10 Å². The number of carbonyl (C=O) groups is 1. The van der Waals surface area contributed by atoms with Crippen LogP contribution in [0.25, 0.3) is 0 Å². The number of likely N-dealkylation sites (tertiary alicyclic amines) is 2. The molecule has 2 aliphatic heterocycles. The van der Waals surface area contributed by atoms with Crippen molar-refractivity contribution in [3.63, 3.8) is 0 Å². The van der Waals surface area contributed by atoms with Crippen molar-refractivity contribution in [1.82, 2.24) is 19.6 Å². The minimum absolute atomic E-state index is 0.294. The van der Waals surface area contributed by atoms with Crippen LogP contribution in [0.3, 0.4) is 0 Å². The van der Waals surface area contributed by atoms with E-state index in [0.29, 0.717) is 18.4 Å². The minimum Gasteiger partial charge on any atom is -0.341 e. The van der Waals surface area contributed by atoms with Gasteiger partial charge in [-0.05, 0) is 43.7 Å². The van der Waals surface area contributed by atoms with Gasteiger partial charge in [-0.1, -0.05) is 30.3 Å². The second kappa shape index (κ2) is 7.47. The Bertz CT molecular complexity index is 813. The zero-order valence-corrected chi connectivity index (χ0v) is 16.7. The van der Waals surface area contributed by atoms with Gasteiger partial charge in [0, 0.05) is 51.4 Å². The van der Waals surface area contributed by atoms with Crippen LogP contribution >= 0.6 is 0 Å². The first-order chi connectivity index (χ1) is 13.0. The molecule has 2 aliphatic rings. The quantitative estimate of drug-likeness (QED) is 0.817. The van der Waals surface area contributed by atoms with Crippen LogP contribution in [0, 0.1) is 19.8 Å². The summed E-state index contributed by atoms with van der Waals surface area (Å²) in [6.07, 6.45) is 2.53. The maximum atomic E-state index is 12.8. The van der Waals surface area contributed by atoms with Crippen LogP contribution in [0.2, 0.25) is 0 Å². The van der Waals surface area contributed by atoms with Crippen LogP contribution in [0.1, 0.15) is 35.4 Å². The molecule has 0 bridgehead atoms. The Balaban J connectivity index is 1.32. The van der Waals surface area contributed by atoms with Crippen molar-refractivity contribution < 1.29 is 4.79 Å². The van der Waals surface area contributed by atoms with Gasteiger partial charge in [-0.25, -0.2) is 0 Å². The molecule has 5 heteroatoms. The lowest BCUT2D eigenvalue weighted by molar-refractivity contribution is -0.138. The van der Waals surface area contributed by atoms with Crippen LogP contribution in [0.5, 0.6) is 0 Å². The van der Waals surface area contributed by atoms with Crippen LogP contribution in [0.15, 0.2) is 30.3 Å². The molecule has 2 saturated heterocycles. The molecule has 0 radical (unpaired) electrons. The number of benzene rings is 1. The Kier molecular flexibility index (Phi) is 5.04. The molecule has 0 aliphatic carbocycles. The van der Waals surface area contributed by atoms with E-state index in [1.165, 1.54) is 23.4 Å². The van der Waals surface area contributed by atoms with Crippen molar-refractivity contribution in [2.45, 2.75) is 45.7 Å². The standard InChI is InChI=1S/C22H30N4O/c1-16-20(17(2)24(3)23-16)9-10-22(27)25-12-11-19-14-26(21(19)15-25)13-18-7-5-4-6-8-18/h4-8,19,21H,9-15H2,1-3H3/t19-,21-/m1/s1. The smallest absolute Gasteiger partial charge is 0.222 e. The highest BCUT2D eigenvalue weighted by Crippen LogP contribution is 2.34. The highest BCUT2D eigenvalue weighted by Gasteiger charge is 2.43. The van der Waals surface area contributed by atoms with E-state index in [1.807, 2.05) is 18.7 Å². The summed E-state index contributed by atoms with van der Waals surface area (Å²) >= 11 is 0. The molecular formula is C22H30N4O. The van der Waals surface area contributed by atoms with Gasteiger partial charge in [0.15, 0.2) is 0 Å². The third kappa shape index (κ3) is 3.65. The molecule has 144 valence electrons. The number of rotatable bonds is 5. The van der Waals surface area contributed by atoms with Gasteiger partial charge < -0.3 is 4.90 Å². The van der Waals surface area contributed by atoms with Crippen LogP contribution < -0.4 is 0 Å². The number of hydrogen-bond acceptors (Lipinski definition) is 3. The molecule has 3 heterocycles. The maximum Gasteiger partial charge on any atom is 0.222 e. The Morgan fingerprint density at radius 3 is 2.67 bits per heavy atom. The normalized spacial score (nSPS) is 22.4. The zero-order valence-electron chi connectivity index (χ0n) is 16.7. The van der Waals surface area contributed by atoms with Crippen molar-refractivity contribution in [3.05, 3.63) is 52.8 Å². The van der Waals surface area contributed by atoms with Gasteiger partial charge in [0.1, 0.15) is 0 Å². The number of hydrogen-bond donors (Lipinski definition) is 0. The molecule has 1 amide bonds. The molecule has 0 spiro atoms. The van der Waals surface area contributed by atoms with E-state index in [1.54, 1.807) is 0 Å². The Morgan fingerprint density at radius 2 is 1.96 bits per heavy atom. The van der Waals surface area contributed by atoms with E-state index < -0.39 is 0 Å². The van der Waals surface area contributed by atoms with E-state index in [4.69, 9.17) is 0 Å². The fraction of sp³-hybridized carbons (Fsp3) is 0.545. The van der Waals surface area contributed by atoms with Crippen LogP contribution in [-0.2, 0) is 24.8 Å². The first-order valence-corrected chi connectivity index (χ1v) is 10.1. The van der Waals surface area contributed by atoms with Gasteiger partial charge >= 0.3 is 0 Å². The second-order valence-electron chi connectivity index (χ2n) is 8.14. The molecular weight excluding hydrogens is 336 g/mol. The predicted octanol–water partition coefficient (Wildman–Crippen LogP) is 2.70. The topological polar surface area (TPSA) is 41.4 Å². The zero-order chi connectivity index (χ0) is 19.0. The molecule has 0 N–H and O–H groups in total. The van der Waals surface area contributed by atoms with E-state index in [9.17, 15) is 4.79 Å². The lowest BCUT2D eigenvalue weighted by Gasteiger charge is -2.53. The van der Waals surface area contributed by atoms with E-state index >= 15 is 0 Å². The maximum absolute atomic E-state index is 12.8. The summed E-state index contributed by atoms with van der Waals surface area (Å²) in [5.74, 6) is 1.06. The average Bonchev–Trinajstić information content (AvgIpc) is 2.90. The van der Waals surface area contributed by atoms with Crippen molar-refractivity contribution in [3.8, 4) is 0 Å². The number of amides is 1. The third-order valence-electron chi connectivity index (χ3n) is 6.49. The molecule has 5 nitrogen and oxygen atoms in total. The van der Waals surface area contributed by atoms with Gasteiger partial charge in [-0.3, -0.25) is 14.4 Å². The second-order valence-corrected chi connectivity index (χ2v) is 8.14. The van der Waals surface area contributed by atoms with Crippen LogP contribution in [0.4, 0.5) is 0 Å². The lowest BCUT2D eigenvalue weighted by atomic mass is 9.82. The van der Waals surface area contributed by atoms with Crippen molar-refractivity contribution in [2.75, 3.05) is 19.6 Å². The molecule has 27 heavy (non-hydrogen) atoms. The van der Waals surface area contributed by atoms with Gasteiger partial charge in [0.05, 0.1) is 5.69 Å². The summed E-state index contributed by atoms with van der Waals surface area (Å²) in [7, 11) is 1.97. The summed E-state index contributed by atoms with van der Waals surface area (Å²) in [5, 5.41) is 4.47. The molecule has 0 saturated carbocycles. The molecule has 2 fully saturated rings. The summed E-state index contributed by atoms with van der Waals surface area (Å²) in [5.41, 5.74) is 4.82. The summed E-state index contributed by atoms with van der Waals surface area (Å²) in [4.78, 5) is 17.5. The van der Waals surface area contributed by atoms with Crippen molar-refractivity contribution in [1.29, 1.82) is 0 Å². The SMILES string of the molecule is Cc1nn(C)c(C)c1CCC(=O)N1CC[C@@H]2CN(Cc3ccccc3)[C@@H]2C1. The number of fused-ring (bicyclic) bond motifs is 1.